The SMILES string of the molecule is CC(=O)Nc1ccc(-n2cnc(C(=O)NC(C)c3ccc(C)cc3)c2)nc1. The third-order valence-electron chi connectivity index (χ3n) is 4.07. The van der Waals surface area contributed by atoms with Crippen LogP contribution in [-0.2, 0) is 4.79 Å². The summed E-state index contributed by atoms with van der Waals surface area (Å²) < 4.78 is 1.66. The van der Waals surface area contributed by atoms with E-state index < -0.39 is 0 Å². The summed E-state index contributed by atoms with van der Waals surface area (Å²) in [6.07, 6.45) is 4.71. The highest BCUT2D eigenvalue weighted by atomic mass is 16.2. The van der Waals surface area contributed by atoms with Crippen LogP contribution < -0.4 is 10.6 Å². The molecule has 1 unspecified atom stereocenters. The molecule has 0 fully saturated rings. The summed E-state index contributed by atoms with van der Waals surface area (Å²) in [6, 6.07) is 11.4. The molecule has 2 heterocycles. The second-order valence-corrected chi connectivity index (χ2v) is 6.36. The number of carbonyl (C=O) groups excluding carboxylic acids is 2. The number of hydrogen-bond donors (Lipinski definition) is 2. The maximum absolute atomic E-state index is 12.5. The minimum atomic E-state index is -0.253. The van der Waals surface area contributed by atoms with Gasteiger partial charge in [-0.1, -0.05) is 29.8 Å². The first-order chi connectivity index (χ1) is 12.9. The standard InChI is InChI=1S/C20H21N5O2/c1-13-4-6-16(7-5-13)14(2)23-20(27)18-11-25(12-22-18)19-9-8-17(10-21-19)24-15(3)26/h4-12,14H,1-3H3,(H,23,27)(H,24,26). The van der Waals surface area contributed by atoms with Crippen molar-refractivity contribution in [2.75, 3.05) is 5.32 Å². The number of carbonyl (C=O) groups is 2. The first-order valence-corrected chi connectivity index (χ1v) is 8.58. The molecule has 0 aliphatic carbocycles. The zero-order valence-corrected chi connectivity index (χ0v) is 15.4. The number of benzene rings is 1. The van der Waals surface area contributed by atoms with Crippen LogP contribution in [0.4, 0.5) is 5.69 Å². The van der Waals surface area contributed by atoms with Gasteiger partial charge in [-0.05, 0) is 31.5 Å². The molecule has 7 nitrogen and oxygen atoms in total. The number of anilines is 1. The van der Waals surface area contributed by atoms with E-state index in [2.05, 4.69) is 20.6 Å². The van der Waals surface area contributed by atoms with Crippen molar-refractivity contribution >= 4 is 17.5 Å². The number of hydrogen-bond acceptors (Lipinski definition) is 4. The van der Waals surface area contributed by atoms with Crippen molar-refractivity contribution in [2.24, 2.45) is 0 Å². The summed E-state index contributed by atoms with van der Waals surface area (Å²) in [7, 11) is 0. The van der Waals surface area contributed by atoms with E-state index in [0.717, 1.165) is 5.56 Å². The summed E-state index contributed by atoms with van der Waals surface area (Å²) in [4.78, 5) is 31.9. The smallest absolute Gasteiger partial charge is 0.271 e. The minimum absolute atomic E-state index is 0.127. The van der Waals surface area contributed by atoms with E-state index in [9.17, 15) is 9.59 Å². The quantitative estimate of drug-likeness (QED) is 0.729. The minimum Gasteiger partial charge on any atom is -0.344 e. The van der Waals surface area contributed by atoms with E-state index in [0.29, 0.717) is 17.2 Å². The van der Waals surface area contributed by atoms with Gasteiger partial charge in [0.05, 0.1) is 17.9 Å². The summed E-state index contributed by atoms with van der Waals surface area (Å²) in [5.41, 5.74) is 3.12. The lowest BCUT2D eigenvalue weighted by atomic mass is 10.1. The Kier molecular flexibility index (Phi) is 5.30. The van der Waals surface area contributed by atoms with Gasteiger partial charge < -0.3 is 10.6 Å². The predicted molar refractivity (Wildman–Crippen MR) is 103 cm³/mol. The summed E-state index contributed by atoms with van der Waals surface area (Å²) in [5, 5.41) is 5.60. The summed E-state index contributed by atoms with van der Waals surface area (Å²) in [6.45, 7) is 5.39. The van der Waals surface area contributed by atoms with Gasteiger partial charge in [0, 0.05) is 13.1 Å². The molecular weight excluding hydrogens is 342 g/mol. The molecule has 2 amide bonds. The monoisotopic (exact) mass is 363 g/mol. The molecule has 0 radical (unpaired) electrons. The first-order valence-electron chi connectivity index (χ1n) is 8.58. The van der Waals surface area contributed by atoms with Gasteiger partial charge in [-0.2, -0.15) is 0 Å². The van der Waals surface area contributed by atoms with Gasteiger partial charge in [0.1, 0.15) is 17.8 Å². The zero-order valence-electron chi connectivity index (χ0n) is 15.4. The highest BCUT2D eigenvalue weighted by molar-refractivity contribution is 5.92. The van der Waals surface area contributed by atoms with Crippen molar-refractivity contribution in [2.45, 2.75) is 26.8 Å². The highest BCUT2D eigenvalue weighted by Gasteiger charge is 2.14. The van der Waals surface area contributed by atoms with E-state index in [4.69, 9.17) is 0 Å². The van der Waals surface area contributed by atoms with Gasteiger partial charge in [0.25, 0.3) is 5.91 Å². The van der Waals surface area contributed by atoms with Crippen LogP contribution in [0.25, 0.3) is 5.82 Å². The van der Waals surface area contributed by atoms with Crippen LogP contribution in [-0.4, -0.2) is 26.3 Å². The molecule has 7 heteroatoms. The largest absolute Gasteiger partial charge is 0.344 e. The Morgan fingerprint density at radius 1 is 1.07 bits per heavy atom. The van der Waals surface area contributed by atoms with Crippen LogP contribution >= 0.6 is 0 Å². The van der Waals surface area contributed by atoms with Crippen LogP contribution in [0.3, 0.4) is 0 Å². The van der Waals surface area contributed by atoms with Gasteiger partial charge >= 0.3 is 0 Å². The number of nitrogens with zero attached hydrogens (tertiary/aromatic N) is 3. The Bertz CT molecular complexity index is 945. The molecule has 0 saturated carbocycles. The molecule has 3 aromatic rings. The first kappa shape index (κ1) is 18.3. The molecule has 138 valence electrons. The van der Waals surface area contributed by atoms with Gasteiger partial charge in [0.15, 0.2) is 0 Å². The average Bonchev–Trinajstić information content (AvgIpc) is 3.12. The van der Waals surface area contributed by atoms with Crippen molar-refractivity contribution in [3.05, 3.63) is 71.9 Å². The number of nitrogens with one attached hydrogen (secondary N) is 2. The van der Waals surface area contributed by atoms with Crippen LogP contribution in [0.5, 0.6) is 0 Å². The molecule has 2 aromatic heterocycles. The van der Waals surface area contributed by atoms with Crippen molar-refractivity contribution < 1.29 is 9.59 Å². The van der Waals surface area contributed by atoms with Crippen LogP contribution in [0.15, 0.2) is 55.1 Å². The molecule has 0 bridgehead atoms. The average molecular weight is 363 g/mol. The Morgan fingerprint density at radius 2 is 1.81 bits per heavy atom. The van der Waals surface area contributed by atoms with Gasteiger partial charge in [-0.15, -0.1) is 0 Å². The topological polar surface area (TPSA) is 88.9 Å². The molecule has 27 heavy (non-hydrogen) atoms. The second kappa shape index (κ2) is 7.82. The maximum Gasteiger partial charge on any atom is 0.271 e. The number of pyridine rings is 1. The second-order valence-electron chi connectivity index (χ2n) is 6.36. The Balaban J connectivity index is 1.68. The van der Waals surface area contributed by atoms with Gasteiger partial charge in [-0.3, -0.25) is 14.2 Å². The number of amides is 2. The molecule has 0 aliphatic heterocycles. The molecule has 0 saturated heterocycles. The van der Waals surface area contributed by atoms with Crippen molar-refractivity contribution in [1.82, 2.24) is 19.9 Å². The third kappa shape index (κ3) is 4.58. The molecule has 1 aromatic carbocycles. The Labute approximate surface area is 157 Å². The molecule has 3 rings (SSSR count). The Morgan fingerprint density at radius 3 is 2.44 bits per heavy atom. The van der Waals surface area contributed by atoms with Crippen LogP contribution in [0.1, 0.15) is 41.5 Å². The number of rotatable bonds is 5. The van der Waals surface area contributed by atoms with E-state index in [1.165, 1.54) is 18.8 Å². The molecular formula is C20H21N5O2. The molecule has 0 aliphatic rings. The van der Waals surface area contributed by atoms with Crippen molar-refractivity contribution in [3.63, 3.8) is 0 Å². The predicted octanol–water partition coefficient (Wildman–Crippen LogP) is 3.03. The van der Waals surface area contributed by atoms with E-state index in [1.54, 1.807) is 29.1 Å². The fourth-order valence-electron chi connectivity index (χ4n) is 2.59. The fraction of sp³-hybridized carbons (Fsp3) is 0.200. The maximum atomic E-state index is 12.5. The number of aromatic nitrogens is 3. The van der Waals surface area contributed by atoms with E-state index in [1.807, 2.05) is 38.1 Å². The van der Waals surface area contributed by atoms with E-state index >= 15 is 0 Å². The molecule has 2 N–H and O–H groups in total. The molecule has 0 spiro atoms. The number of aryl methyl sites for hydroxylation is 1. The highest BCUT2D eigenvalue weighted by Crippen LogP contribution is 2.15. The Hall–Kier alpha value is -3.48. The lowest BCUT2D eigenvalue weighted by Gasteiger charge is -2.13. The summed E-state index contributed by atoms with van der Waals surface area (Å²) >= 11 is 0. The number of imidazole rings is 1. The molecule has 1 atom stereocenters. The lowest BCUT2D eigenvalue weighted by molar-refractivity contribution is -0.114. The van der Waals surface area contributed by atoms with Gasteiger partial charge in [-0.25, -0.2) is 9.97 Å². The van der Waals surface area contributed by atoms with E-state index in [-0.39, 0.29) is 17.9 Å². The van der Waals surface area contributed by atoms with Crippen molar-refractivity contribution in [3.8, 4) is 5.82 Å². The lowest BCUT2D eigenvalue weighted by Crippen LogP contribution is -2.26. The van der Waals surface area contributed by atoms with Crippen LogP contribution in [0.2, 0.25) is 0 Å². The van der Waals surface area contributed by atoms with Crippen molar-refractivity contribution in [1.29, 1.82) is 0 Å². The normalized spacial score (nSPS) is 11.7. The zero-order chi connectivity index (χ0) is 19.4. The van der Waals surface area contributed by atoms with Crippen LogP contribution in [0, 0.1) is 6.92 Å². The summed E-state index contributed by atoms with van der Waals surface area (Å²) in [5.74, 6) is 0.188. The third-order valence-corrected chi connectivity index (χ3v) is 4.07. The van der Waals surface area contributed by atoms with Gasteiger partial charge in [0.2, 0.25) is 5.91 Å². The fourth-order valence-corrected chi connectivity index (χ4v) is 2.59.